The molecule has 1 aromatic heterocycles. The summed E-state index contributed by atoms with van der Waals surface area (Å²) in [6.45, 7) is 13.9. The maximum atomic E-state index is 2.50. The van der Waals surface area contributed by atoms with Gasteiger partial charge in [0.2, 0.25) is 0 Å². The van der Waals surface area contributed by atoms with Crippen LogP contribution >= 0.6 is 0 Å². The highest BCUT2D eigenvalue weighted by Gasteiger charge is 2.43. The lowest BCUT2D eigenvalue weighted by Gasteiger charge is -2.44. The van der Waals surface area contributed by atoms with Gasteiger partial charge < -0.3 is 14.4 Å². The Morgan fingerprint density at radius 2 is 0.926 bits per heavy atom. The Hall–Kier alpha value is -6.00. The van der Waals surface area contributed by atoms with Crippen molar-refractivity contribution in [1.82, 2.24) is 4.57 Å². The standard InChI is InChI=1S/C50H44BN3/c1-49(2,3)33-23-26-36(27-24-33)52-44-30-25-34(50(4,5)6)31-41(44)51-40-29-28-37(54-42-19-12-10-17-38(42)39-18-11-13-20-43(39)54)32-47(40)53(35-15-8-7-9-16-35)46-22-14-21-45(52)48(46)51/h7-32H,1-6H3. The number of benzene rings is 7. The lowest BCUT2D eigenvalue weighted by atomic mass is 9.33. The highest BCUT2D eigenvalue weighted by molar-refractivity contribution is 7.00. The lowest BCUT2D eigenvalue weighted by molar-refractivity contribution is 0.590. The third-order valence-electron chi connectivity index (χ3n) is 11.7. The zero-order valence-corrected chi connectivity index (χ0v) is 31.9. The smallest absolute Gasteiger partial charge is 0.252 e. The minimum Gasteiger partial charge on any atom is -0.311 e. The van der Waals surface area contributed by atoms with Crippen LogP contribution in [0.5, 0.6) is 0 Å². The van der Waals surface area contributed by atoms with Crippen molar-refractivity contribution in [3.05, 3.63) is 169 Å². The maximum absolute atomic E-state index is 2.50. The predicted octanol–water partition coefficient (Wildman–Crippen LogP) is 11.5. The van der Waals surface area contributed by atoms with E-state index < -0.39 is 0 Å². The average molecular weight is 698 g/mol. The van der Waals surface area contributed by atoms with Gasteiger partial charge in [0.15, 0.2) is 0 Å². The molecule has 0 atom stereocenters. The first kappa shape index (κ1) is 32.6. The van der Waals surface area contributed by atoms with E-state index in [1.165, 1.54) is 77.8 Å². The fraction of sp³-hybridized carbons (Fsp3) is 0.160. The minimum absolute atomic E-state index is 0.00196. The van der Waals surface area contributed by atoms with E-state index in [1.807, 2.05) is 0 Å². The van der Waals surface area contributed by atoms with E-state index in [2.05, 4.69) is 214 Å². The van der Waals surface area contributed by atoms with E-state index in [0.29, 0.717) is 0 Å². The molecule has 2 aliphatic heterocycles. The molecule has 0 N–H and O–H groups in total. The second kappa shape index (κ2) is 11.8. The largest absolute Gasteiger partial charge is 0.311 e. The summed E-state index contributed by atoms with van der Waals surface area (Å²) in [5.41, 5.74) is 17.6. The molecule has 0 aliphatic carbocycles. The number of hydrogen-bond acceptors (Lipinski definition) is 2. The summed E-state index contributed by atoms with van der Waals surface area (Å²) < 4.78 is 2.44. The van der Waals surface area contributed by atoms with Gasteiger partial charge in [-0.15, -0.1) is 0 Å². The molecule has 3 heterocycles. The molecule has 4 heteroatoms. The Labute approximate surface area is 319 Å². The number of para-hydroxylation sites is 3. The van der Waals surface area contributed by atoms with Crippen molar-refractivity contribution in [3.63, 3.8) is 0 Å². The number of nitrogens with zero attached hydrogens (tertiary/aromatic N) is 3. The summed E-state index contributed by atoms with van der Waals surface area (Å²) in [6.07, 6.45) is 0. The average Bonchev–Trinajstić information content (AvgIpc) is 3.51. The molecule has 0 fully saturated rings. The summed E-state index contributed by atoms with van der Waals surface area (Å²) >= 11 is 0. The van der Waals surface area contributed by atoms with Crippen molar-refractivity contribution >= 4 is 79.0 Å². The second-order valence-corrected chi connectivity index (χ2v) is 17.1. The minimum atomic E-state index is 0.00196. The third kappa shape index (κ3) is 4.89. The summed E-state index contributed by atoms with van der Waals surface area (Å²) in [4.78, 5) is 5.01. The first-order valence-electron chi connectivity index (χ1n) is 19.2. The Balaban J connectivity index is 1.26. The quantitative estimate of drug-likeness (QED) is 0.170. The van der Waals surface area contributed by atoms with Crippen LogP contribution in [0.3, 0.4) is 0 Å². The molecular weight excluding hydrogens is 653 g/mol. The molecule has 0 radical (unpaired) electrons. The van der Waals surface area contributed by atoms with Crippen LogP contribution in [0.4, 0.5) is 34.1 Å². The molecule has 0 saturated heterocycles. The van der Waals surface area contributed by atoms with Gasteiger partial charge in [-0.2, -0.15) is 0 Å². The maximum Gasteiger partial charge on any atom is 0.252 e. The molecule has 10 rings (SSSR count). The van der Waals surface area contributed by atoms with Gasteiger partial charge in [-0.3, -0.25) is 0 Å². The second-order valence-electron chi connectivity index (χ2n) is 17.1. The third-order valence-corrected chi connectivity index (χ3v) is 11.7. The normalized spacial score (nSPS) is 13.6. The van der Waals surface area contributed by atoms with E-state index in [1.54, 1.807) is 0 Å². The lowest BCUT2D eigenvalue weighted by Crippen LogP contribution is -2.61. The van der Waals surface area contributed by atoms with E-state index >= 15 is 0 Å². The van der Waals surface area contributed by atoms with Crippen LogP contribution in [-0.2, 0) is 10.8 Å². The topological polar surface area (TPSA) is 11.4 Å². The molecule has 0 unspecified atom stereocenters. The van der Waals surface area contributed by atoms with E-state index in [9.17, 15) is 0 Å². The molecule has 2 aliphatic rings. The molecule has 0 spiro atoms. The molecule has 7 aromatic carbocycles. The predicted molar refractivity (Wildman–Crippen MR) is 232 cm³/mol. The van der Waals surface area contributed by atoms with Crippen LogP contribution in [0.2, 0.25) is 0 Å². The van der Waals surface area contributed by atoms with E-state index in [0.717, 1.165) is 11.4 Å². The molecule has 3 nitrogen and oxygen atoms in total. The van der Waals surface area contributed by atoms with Crippen molar-refractivity contribution in [3.8, 4) is 5.69 Å². The first-order valence-corrected chi connectivity index (χ1v) is 19.2. The molecule has 54 heavy (non-hydrogen) atoms. The fourth-order valence-corrected chi connectivity index (χ4v) is 8.97. The van der Waals surface area contributed by atoms with Crippen molar-refractivity contribution in [2.75, 3.05) is 9.80 Å². The number of fused-ring (bicyclic) bond motifs is 7. The zero-order valence-electron chi connectivity index (χ0n) is 31.9. The van der Waals surface area contributed by atoms with Crippen molar-refractivity contribution in [2.45, 2.75) is 52.4 Å². The van der Waals surface area contributed by atoms with Crippen LogP contribution in [0.15, 0.2) is 158 Å². The fourth-order valence-electron chi connectivity index (χ4n) is 8.97. The van der Waals surface area contributed by atoms with Gasteiger partial charge >= 0.3 is 0 Å². The Bertz CT molecular complexity index is 2690. The zero-order chi connectivity index (χ0) is 36.9. The van der Waals surface area contributed by atoms with Crippen LogP contribution in [0.25, 0.3) is 27.5 Å². The van der Waals surface area contributed by atoms with Gasteiger partial charge in [0.25, 0.3) is 6.71 Å². The molecule has 0 amide bonds. The van der Waals surface area contributed by atoms with Crippen LogP contribution < -0.4 is 26.2 Å². The monoisotopic (exact) mass is 697 g/mol. The van der Waals surface area contributed by atoms with Crippen molar-refractivity contribution < 1.29 is 0 Å². The van der Waals surface area contributed by atoms with Gasteiger partial charge in [0, 0.05) is 50.6 Å². The van der Waals surface area contributed by atoms with Crippen LogP contribution in [0.1, 0.15) is 52.7 Å². The highest BCUT2D eigenvalue weighted by Crippen LogP contribution is 2.45. The van der Waals surface area contributed by atoms with Crippen molar-refractivity contribution in [1.29, 1.82) is 0 Å². The number of aromatic nitrogens is 1. The van der Waals surface area contributed by atoms with Crippen LogP contribution in [-0.4, -0.2) is 11.3 Å². The summed E-state index contributed by atoms with van der Waals surface area (Å²) in [5, 5.41) is 2.54. The van der Waals surface area contributed by atoms with Crippen LogP contribution in [0, 0.1) is 0 Å². The molecule has 0 saturated carbocycles. The van der Waals surface area contributed by atoms with Gasteiger partial charge in [-0.1, -0.05) is 133 Å². The molecule has 0 bridgehead atoms. The summed E-state index contributed by atoms with van der Waals surface area (Å²) in [7, 11) is 0. The van der Waals surface area contributed by atoms with E-state index in [-0.39, 0.29) is 17.5 Å². The van der Waals surface area contributed by atoms with Gasteiger partial charge in [0.05, 0.1) is 11.0 Å². The SMILES string of the molecule is CC(C)(C)c1ccc(N2c3ccc(C(C)(C)C)cc3B3c4ccc(-n5c6ccccc6c6ccccc65)cc4N(c4ccccc4)c4cccc2c43)cc1. The number of rotatable bonds is 3. The molecule has 262 valence electrons. The Morgan fingerprint density at radius 1 is 0.389 bits per heavy atom. The van der Waals surface area contributed by atoms with Crippen molar-refractivity contribution in [2.24, 2.45) is 0 Å². The Morgan fingerprint density at radius 3 is 1.56 bits per heavy atom. The highest BCUT2D eigenvalue weighted by atomic mass is 15.2. The summed E-state index contributed by atoms with van der Waals surface area (Å²) in [5.74, 6) is 0. The van der Waals surface area contributed by atoms with Gasteiger partial charge in [-0.05, 0) is 105 Å². The molecule has 8 aromatic rings. The Kier molecular flexibility index (Phi) is 7.10. The van der Waals surface area contributed by atoms with Gasteiger partial charge in [-0.25, -0.2) is 0 Å². The molecular formula is C50H44BN3. The van der Waals surface area contributed by atoms with E-state index in [4.69, 9.17) is 0 Å². The number of hydrogen-bond donors (Lipinski definition) is 0. The summed E-state index contributed by atoms with van der Waals surface area (Å²) in [6, 6.07) is 59.0. The number of anilines is 6. The van der Waals surface area contributed by atoms with Gasteiger partial charge in [0.1, 0.15) is 0 Å². The first-order chi connectivity index (χ1) is 26.1.